The Morgan fingerprint density at radius 2 is 1.71 bits per heavy atom. The van der Waals surface area contributed by atoms with Crippen LogP contribution in [0.5, 0.6) is 0 Å². The van der Waals surface area contributed by atoms with Crippen molar-refractivity contribution in [2.24, 2.45) is 0 Å². The molecule has 1 aromatic carbocycles. The van der Waals surface area contributed by atoms with Crippen LogP contribution in [0.2, 0.25) is 0 Å². The molecule has 7 nitrogen and oxygen atoms in total. The maximum atomic E-state index is 11.8. The molecule has 24 heavy (non-hydrogen) atoms. The first-order chi connectivity index (χ1) is 11.6. The summed E-state index contributed by atoms with van der Waals surface area (Å²) in [7, 11) is 0. The van der Waals surface area contributed by atoms with Gasteiger partial charge in [0, 0.05) is 12.2 Å². The molecule has 1 rings (SSSR count). The monoisotopic (exact) mass is 339 g/mol. The molecule has 0 aromatic heterocycles. The predicted molar refractivity (Wildman–Crippen MR) is 89.4 cm³/mol. The van der Waals surface area contributed by atoms with Crippen LogP contribution >= 0.6 is 0 Å². The van der Waals surface area contributed by atoms with Gasteiger partial charge in [-0.15, -0.1) is 0 Å². The third kappa shape index (κ3) is 9.12. The summed E-state index contributed by atoms with van der Waals surface area (Å²) in [6, 6.07) is 7.14. The Labute approximate surface area is 141 Å². The third-order valence-electron chi connectivity index (χ3n) is 3.04. The van der Waals surface area contributed by atoms with Gasteiger partial charge in [0.1, 0.15) is 13.2 Å². The van der Waals surface area contributed by atoms with Crippen molar-refractivity contribution >= 4 is 17.6 Å². The zero-order chi connectivity index (χ0) is 17.6. The highest BCUT2D eigenvalue weighted by atomic mass is 16.6. The van der Waals surface area contributed by atoms with E-state index in [4.69, 9.17) is 19.3 Å². The van der Waals surface area contributed by atoms with E-state index in [1.54, 1.807) is 12.1 Å². The van der Waals surface area contributed by atoms with Gasteiger partial charge in [-0.3, -0.25) is 0 Å². The van der Waals surface area contributed by atoms with Gasteiger partial charge in [0.05, 0.1) is 25.4 Å². The van der Waals surface area contributed by atoms with Crippen molar-refractivity contribution in [3.63, 3.8) is 0 Å². The topological polar surface area (TPSA) is 94.1 Å². The summed E-state index contributed by atoms with van der Waals surface area (Å²) in [5, 5.41) is 11.6. The van der Waals surface area contributed by atoms with Crippen LogP contribution in [0.4, 0.5) is 5.69 Å². The van der Waals surface area contributed by atoms with Crippen molar-refractivity contribution < 1.29 is 28.9 Å². The summed E-state index contributed by atoms with van der Waals surface area (Å²) < 4.78 is 15.1. The quantitative estimate of drug-likeness (QED) is 0.420. The van der Waals surface area contributed by atoms with E-state index in [9.17, 15) is 9.59 Å². The minimum Gasteiger partial charge on any atom is -0.480 e. The molecule has 2 N–H and O–H groups in total. The second-order valence-electron chi connectivity index (χ2n) is 5.05. The smallest absolute Gasteiger partial charge is 0.338 e. The number of hydrogen-bond acceptors (Lipinski definition) is 6. The first-order valence-corrected chi connectivity index (χ1v) is 8.01. The van der Waals surface area contributed by atoms with Crippen molar-refractivity contribution in [3.05, 3.63) is 29.8 Å². The normalized spacial score (nSPS) is 10.4. The summed E-state index contributed by atoms with van der Waals surface area (Å²) in [6.45, 7) is 3.51. The summed E-state index contributed by atoms with van der Waals surface area (Å²) >= 11 is 0. The van der Waals surface area contributed by atoms with E-state index in [0.29, 0.717) is 5.56 Å². The molecule has 134 valence electrons. The molecule has 0 amide bonds. The Balaban J connectivity index is 2.13. The lowest BCUT2D eigenvalue weighted by Crippen LogP contribution is -2.14. The number of rotatable bonds is 13. The third-order valence-corrected chi connectivity index (χ3v) is 3.04. The van der Waals surface area contributed by atoms with Crippen LogP contribution in [0.15, 0.2) is 24.3 Å². The molecular formula is C17H25NO6. The molecule has 0 aliphatic heterocycles. The number of ether oxygens (including phenoxy) is 3. The Morgan fingerprint density at radius 3 is 2.38 bits per heavy atom. The molecule has 0 bridgehead atoms. The zero-order valence-electron chi connectivity index (χ0n) is 14.0. The molecule has 7 heteroatoms. The number of hydrogen-bond donors (Lipinski definition) is 2. The molecule has 0 saturated carbocycles. The van der Waals surface area contributed by atoms with E-state index in [-0.39, 0.29) is 33.0 Å². The fraction of sp³-hybridized carbons (Fsp3) is 0.529. The van der Waals surface area contributed by atoms with Crippen LogP contribution in [0.25, 0.3) is 0 Å². The van der Waals surface area contributed by atoms with Gasteiger partial charge < -0.3 is 24.6 Å². The van der Waals surface area contributed by atoms with Crippen LogP contribution in [-0.4, -0.2) is 56.6 Å². The highest BCUT2D eigenvalue weighted by Gasteiger charge is 2.06. The standard InChI is InChI=1S/C17H25NO6/c1-2-3-8-18-15-6-4-14(5-7-15)17(21)24-12-11-22-9-10-23-13-16(19)20/h4-7,18H,2-3,8-13H2,1H3,(H,19,20). The lowest BCUT2D eigenvalue weighted by molar-refractivity contribution is -0.142. The van der Waals surface area contributed by atoms with Gasteiger partial charge in [0.15, 0.2) is 0 Å². The SMILES string of the molecule is CCCCNc1ccc(C(=O)OCCOCCOCC(=O)O)cc1. The number of anilines is 1. The number of carbonyl (C=O) groups is 2. The maximum Gasteiger partial charge on any atom is 0.338 e. The van der Waals surface area contributed by atoms with Crippen molar-refractivity contribution in [2.45, 2.75) is 19.8 Å². The Kier molecular flexibility index (Phi) is 10.2. The van der Waals surface area contributed by atoms with Gasteiger partial charge in [-0.1, -0.05) is 13.3 Å². The van der Waals surface area contributed by atoms with Gasteiger partial charge in [-0.25, -0.2) is 9.59 Å². The molecule has 1 aromatic rings. The number of carboxylic acids is 1. The summed E-state index contributed by atoms with van der Waals surface area (Å²) in [5.74, 6) is -1.42. The van der Waals surface area contributed by atoms with E-state index in [1.807, 2.05) is 12.1 Å². The minimum absolute atomic E-state index is 0.133. The number of benzene rings is 1. The average Bonchev–Trinajstić information content (AvgIpc) is 2.57. The largest absolute Gasteiger partial charge is 0.480 e. The fourth-order valence-corrected chi connectivity index (χ4v) is 1.79. The van der Waals surface area contributed by atoms with Crippen molar-refractivity contribution in [2.75, 3.05) is 44.9 Å². The highest BCUT2D eigenvalue weighted by molar-refractivity contribution is 5.89. The van der Waals surface area contributed by atoms with Crippen LogP contribution in [0, 0.1) is 0 Å². The van der Waals surface area contributed by atoms with Gasteiger partial charge in [-0.05, 0) is 30.7 Å². The zero-order valence-corrected chi connectivity index (χ0v) is 14.0. The fourth-order valence-electron chi connectivity index (χ4n) is 1.79. The van der Waals surface area contributed by atoms with Gasteiger partial charge in [-0.2, -0.15) is 0 Å². The van der Waals surface area contributed by atoms with Crippen LogP contribution in [0.3, 0.4) is 0 Å². The summed E-state index contributed by atoms with van der Waals surface area (Å²) in [6.07, 6.45) is 2.23. The van der Waals surface area contributed by atoms with Crippen molar-refractivity contribution in [3.8, 4) is 0 Å². The maximum absolute atomic E-state index is 11.8. The van der Waals surface area contributed by atoms with Crippen LogP contribution in [-0.2, 0) is 19.0 Å². The minimum atomic E-state index is -1.02. The lowest BCUT2D eigenvalue weighted by Gasteiger charge is -2.08. The Hall–Kier alpha value is -2.12. The Bertz CT molecular complexity index is 488. The number of unbranched alkanes of at least 4 members (excludes halogenated alkanes) is 1. The Morgan fingerprint density at radius 1 is 1.04 bits per heavy atom. The van der Waals surface area contributed by atoms with Crippen molar-refractivity contribution in [1.29, 1.82) is 0 Å². The second-order valence-corrected chi connectivity index (χ2v) is 5.05. The first-order valence-electron chi connectivity index (χ1n) is 8.01. The molecular weight excluding hydrogens is 314 g/mol. The lowest BCUT2D eigenvalue weighted by atomic mass is 10.2. The van der Waals surface area contributed by atoms with Crippen LogP contribution in [0.1, 0.15) is 30.1 Å². The summed E-state index contributed by atoms with van der Waals surface area (Å²) in [4.78, 5) is 22.0. The molecule has 0 aliphatic rings. The average molecular weight is 339 g/mol. The van der Waals surface area contributed by atoms with Gasteiger partial charge >= 0.3 is 11.9 Å². The van der Waals surface area contributed by atoms with E-state index < -0.39 is 11.9 Å². The second kappa shape index (κ2) is 12.3. The predicted octanol–water partition coefficient (Wildman–Crippen LogP) is 2.17. The van der Waals surface area contributed by atoms with E-state index in [2.05, 4.69) is 12.2 Å². The van der Waals surface area contributed by atoms with E-state index >= 15 is 0 Å². The number of carboxylic acid groups (broad SMARTS) is 1. The number of nitrogens with one attached hydrogen (secondary N) is 1. The molecule has 0 fully saturated rings. The highest BCUT2D eigenvalue weighted by Crippen LogP contribution is 2.10. The van der Waals surface area contributed by atoms with E-state index in [0.717, 1.165) is 25.1 Å². The molecule has 0 saturated heterocycles. The van der Waals surface area contributed by atoms with Crippen LogP contribution < -0.4 is 5.32 Å². The van der Waals surface area contributed by atoms with E-state index in [1.165, 1.54) is 0 Å². The first kappa shape index (κ1) is 19.9. The number of carbonyl (C=O) groups excluding carboxylic acids is 1. The molecule has 0 spiro atoms. The molecule has 0 atom stereocenters. The van der Waals surface area contributed by atoms with Gasteiger partial charge in [0.25, 0.3) is 0 Å². The molecule has 0 radical (unpaired) electrons. The molecule has 0 aliphatic carbocycles. The number of aliphatic carboxylic acids is 1. The van der Waals surface area contributed by atoms with Crippen molar-refractivity contribution in [1.82, 2.24) is 0 Å². The number of esters is 1. The van der Waals surface area contributed by atoms with Gasteiger partial charge in [0.2, 0.25) is 0 Å². The summed E-state index contributed by atoms with van der Waals surface area (Å²) in [5.41, 5.74) is 1.46. The molecule has 0 heterocycles. The molecule has 0 unspecified atom stereocenters.